The van der Waals surface area contributed by atoms with Crippen molar-refractivity contribution in [1.29, 1.82) is 0 Å². The second-order valence-corrected chi connectivity index (χ2v) is 9.08. The van der Waals surface area contributed by atoms with E-state index < -0.39 is 0 Å². The number of aromatic nitrogens is 3. The molecular weight excluding hydrogens is 436 g/mol. The van der Waals surface area contributed by atoms with Crippen LogP contribution in [0.1, 0.15) is 23.7 Å². The summed E-state index contributed by atoms with van der Waals surface area (Å²) < 4.78 is 0. The van der Waals surface area contributed by atoms with Gasteiger partial charge in [-0.15, -0.1) is 11.3 Å². The number of benzene rings is 2. The predicted molar refractivity (Wildman–Crippen MR) is 125 cm³/mol. The first-order valence-electron chi connectivity index (χ1n) is 9.28. The van der Waals surface area contributed by atoms with Crippen LogP contribution in [0.25, 0.3) is 10.9 Å². The lowest BCUT2D eigenvalue weighted by molar-refractivity contribution is -0.115. The second kappa shape index (κ2) is 8.71. The number of halogens is 1. The maximum Gasteiger partial charge on any atom is 0.230 e. The van der Waals surface area contributed by atoms with E-state index in [-0.39, 0.29) is 5.91 Å². The lowest BCUT2D eigenvalue weighted by atomic mass is 10.1. The van der Waals surface area contributed by atoms with Crippen molar-refractivity contribution in [2.75, 3.05) is 4.90 Å². The lowest BCUT2D eigenvalue weighted by Crippen LogP contribution is -2.24. The third-order valence-corrected chi connectivity index (χ3v) is 6.73. The van der Waals surface area contributed by atoms with Gasteiger partial charge in [-0.05, 0) is 37.1 Å². The van der Waals surface area contributed by atoms with Gasteiger partial charge in [-0.1, -0.05) is 47.6 Å². The highest BCUT2D eigenvalue weighted by Crippen LogP contribution is 2.38. The van der Waals surface area contributed by atoms with Crippen LogP contribution in [0.2, 0.25) is 5.02 Å². The fourth-order valence-corrected chi connectivity index (χ4v) is 5.55. The van der Waals surface area contributed by atoms with Gasteiger partial charge in [0, 0.05) is 23.4 Å². The van der Waals surface area contributed by atoms with Crippen LogP contribution in [0.3, 0.4) is 0 Å². The van der Waals surface area contributed by atoms with Gasteiger partial charge in [0.25, 0.3) is 0 Å². The maximum atomic E-state index is 12.5. The summed E-state index contributed by atoms with van der Waals surface area (Å²) >= 11 is 9.53. The highest BCUT2D eigenvalue weighted by molar-refractivity contribution is 7.98. The van der Waals surface area contributed by atoms with E-state index in [1.807, 2.05) is 55.6 Å². The molecule has 0 fully saturated rings. The molecule has 0 radical (unpaired) electrons. The van der Waals surface area contributed by atoms with E-state index in [9.17, 15) is 4.79 Å². The van der Waals surface area contributed by atoms with Crippen LogP contribution in [0.5, 0.6) is 0 Å². The number of carbonyl (C=O) groups excluding carboxylic acids is 1. The number of rotatable bonds is 5. The first kappa shape index (κ1) is 20.8. The largest absolute Gasteiger partial charge is 0.274 e. The van der Waals surface area contributed by atoms with Crippen LogP contribution in [0.4, 0.5) is 10.8 Å². The third-order valence-electron chi connectivity index (χ3n) is 4.53. The monoisotopic (exact) mass is 454 g/mol. The summed E-state index contributed by atoms with van der Waals surface area (Å²) in [5.41, 5.74) is 4.48. The Labute approximate surface area is 188 Å². The SMILES string of the molecule is CC(=O)N(c1nc(CSc2ncnc3ccccc23)cs1)c1c(C)cc(C)cc1Cl. The second-order valence-electron chi connectivity index (χ2n) is 6.87. The number of thiazole rings is 1. The fourth-order valence-electron chi connectivity index (χ4n) is 3.28. The summed E-state index contributed by atoms with van der Waals surface area (Å²) in [6, 6.07) is 11.8. The zero-order valence-electron chi connectivity index (χ0n) is 16.7. The van der Waals surface area contributed by atoms with Gasteiger partial charge in [-0.2, -0.15) is 0 Å². The zero-order valence-corrected chi connectivity index (χ0v) is 19.1. The minimum absolute atomic E-state index is 0.126. The Balaban J connectivity index is 1.60. The van der Waals surface area contributed by atoms with Crippen LogP contribution in [-0.4, -0.2) is 20.9 Å². The molecule has 4 aromatic rings. The van der Waals surface area contributed by atoms with Crippen LogP contribution >= 0.6 is 34.7 Å². The standard InChI is InChI=1S/C22H19ClN4OS2/c1-13-8-14(2)20(18(23)9-13)27(15(3)28)22-26-16(11-30-22)10-29-21-17-6-4-5-7-19(17)24-12-25-21/h4-9,11-12H,10H2,1-3H3. The molecule has 2 aromatic carbocycles. The topological polar surface area (TPSA) is 59.0 Å². The van der Waals surface area contributed by atoms with E-state index >= 15 is 0 Å². The van der Waals surface area contributed by atoms with Gasteiger partial charge in [-0.25, -0.2) is 15.0 Å². The summed E-state index contributed by atoms with van der Waals surface area (Å²) in [7, 11) is 0. The molecule has 0 atom stereocenters. The molecule has 0 bridgehead atoms. The van der Waals surface area contributed by atoms with Crippen LogP contribution in [0, 0.1) is 13.8 Å². The molecule has 0 saturated heterocycles. The Morgan fingerprint density at radius 2 is 2.00 bits per heavy atom. The van der Waals surface area contributed by atoms with Crippen molar-refractivity contribution in [3.05, 3.63) is 69.9 Å². The van der Waals surface area contributed by atoms with E-state index in [1.54, 1.807) is 23.0 Å². The molecule has 2 heterocycles. The summed E-state index contributed by atoms with van der Waals surface area (Å²) in [5.74, 6) is 0.517. The molecular formula is C22H19ClN4OS2. The van der Waals surface area contributed by atoms with Gasteiger partial charge in [-0.3, -0.25) is 9.69 Å². The first-order chi connectivity index (χ1) is 14.4. The third kappa shape index (κ3) is 4.19. The molecule has 0 aliphatic heterocycles. The van der Waals surface area contributed by atoms with Crippen LogP contribution in [-0.2, 0) is 10.5 Å². The highest BCUT2D eigenvalue weighted by Gasteiger charge is 2.22. The Hall–Kier alpha value is -2.48. The molecule has 8 heteroatoms. The molecule has 0 saturated carbocycles. The zero-order chi connectivity index (χ0) is 21.3. The number of hydrogen-bond acceptors (Lipinski definition) is 6. The highest BCUT2D eigenvalue weighted by atomic mass is 35.5. The van der Waals surface area contributed by atoms with E-state index in [1.165, 1.54) is 18.3 Å². The van der Waals surface area contributed by atoms with Gasteiger partial charge in [0.1, 0.15) is 11.4 Å². The summed E-state index contributed by atoms with van der Waals surface area (Å²) in [6.45, 7) is 5.46. The van der Waals surface area contributed by atoms with Crippen molar-refractivity contribution in [2.24, 2.45) is 0 Å². The van der Waals surface area contributed by atoms with Gasteiger partial charge in [0.15, 0.2) is 5.13 Å². The predicted octanol–water partition coefficient (Wildman–Crippen LogP) is 6.33. The smallest absolute Gasteiger partial charge is 0.230 e. The number of aryl methyl sites for hydroxylation is 2. The van der Waals surface area contributed by atoms with E-state index in [0.29, 0.717) is 21.6 Å². The number of thioether (sulfide) groups is 1. The van der Waals surface area contributed by atoms with Crippen molar-refractivity contribution in [3.63, 3.8) is 0 Å². The summed E-state index contributed by atoms with van der Waals surface area (Å²) in [4.78, 5) is 27.5. The van der Waals surface area contributed by atoms with E-state index in [4.69, 9.17) is 16.6 Å². The average molecular weight is 455 g/mol. The number of hydrogen-bond donors (Lipinski definition) is 0. The minimum atomic E-state index is -0.126. The molecule has 0 N–H and O–H groups in total. The number of nitrogens with zero attached hydrogens (tertiary/aromatic N) is 4. The number of amides is 1. The molecule has 2 aromatic heterocycles. The normalized spacial score (nSPS) is 11.1. The number of para-hydroxylation sites is 1. The van der Waals surface area contributed by atoms with Crippen molar-refractivity contribution >= 4 is 62.3 Å². The molecule has 0 spiro atoms. The number of fused-ring (bicyclic) bond motifs is 1. The van der Waals surface area contributed by atoms with E-state index in [0.717, 1.165) is 32.7 Å². The average Bonchev–Trinajstić information content (AvgIpc) is 3.17. The summed E-state index contributed by atoms with van der Waals surface area (Å²) in [5, 5.41) is 5.06. The molecule has 1 amide bonds. The summed E-state index contributed by atoms with van der Waals surface area (Å²) in [6.07, 6.45) is 1.58. The van der Waals surface area contributed by atoms with Gasteiger partial charge in [0.2, 0.25) is 5.91 Å². The van der Waals surface area contributed by atoms with Crippen molar-refractivity contribution in [1.82, 2.24) is 15.0 Å². The molecule has 4 rings (SSSR count). The fraction of sp³-hybridized carbons (Fsp3) is 0.182. The van der Waals surface area contributed by atoms with Crippen molar-refractivity contribution < 1.29 is 4.79 Å². The minimum Gasteiger partial charge on any atom is -0.274 e. The van der Waals surface area contributed by atoms with Crippen LogP contribution in [0.15, 0.2) is 53.1 Å². The maximum absolute atomic E-state index is 12.5. The lowest BCUT2D eigenvalue weighted by Gasteiger charge is -2.22. The Morgan fingerprint density at radius 1 is 1.20 bits per heavy atom. The van der Waals surface area contributed by atoms with Gasteiger partial charge in [0.05, 0.1) is 21.9 Å². The Kier molecular flexibility index (Phi) is 6.04. The van der Waals surface area contributed by atoms with Crippen molar-refractivity contribution in [3.8, 4) is 0 Å². The van der Waals surface area contributed by atoms with Gasteiger partial charge < -0.3 is 0 Å². The molecule has 5 nitrogen and oxygen atoms in total. The van der Waals surface area contributed by atoms with E-state index in [2.05, 4.69) is 9.97 Å². The Morgan fingerprint density at radius 3 is 2.77 bits per heavy atom. The number of carbonyl (C=O) groups is 1. The molecule has 30 heavy (non-hydrogen) atoms. The molecule has 0 unspecified atom stereocenters. The molecule has 0 aliphatic rings. The van der Waals surface area contributed by atoms with Crippen LogP contribution < -0.4 is 4.90 Å². The Bertz CT molecular complexity index is 1210. The van der Waals surface area contributed by atoms with Gasteiger partial charge >= 0.3 is 0 Å². The quantitative estimate of drug-likeness (QED) is 0.260. The van der Waals surface area contributed by atoms with Crippen molar-refractivity contribution in [2.45, 2.75) is 31.6 Å². The number of anilines is 2. The molecule has 0 aliphatic carbocycles. The first-order valence-corrected chi connectivity index (χ1v) is 11.5. The molecule has 152 valence electrons.